The lowest BCUT2D eigenvalue weighted by Crippen LogP contribution is -2.52. The van der Waals surface area contributed by atoms with E-state index in [2.05, 4.69) is 46.9 Å². The third kappa shape index (κ3) is 2.82. The Kier molecular flexibility index (Phi) is 3.11. The first-order valence-corrected chi connectivity index (χ1v) is 6.11. The molecule has 0 unspecified atom stereocenters. The number of allylic oxidation sites excluding steroid dienone is 2. The molecule has 0 atom stereocenters. The summed E-state index contributed by atoms with van der Waals surface area (Å²) in [6.07, 6.45) is 0. The van der Waals surface area contributed by atoms with Crippen molar-refractivity contribution in [3.63, 3.8) is 0 Å². The number of rotatable bonds is 0. The van der Waals surface area contributed by atoms with Gasteiger partial charge in [-0.3, -0.25) is 4.79 Å². The third-order valence-electron chi connectivity index (χ3n) is 2.80. The predicted molar refractivity (Wildman–Crippen MR) is 69.2 cm³/mol. The van der Waals surface area contributed by atoms with Crippen LogP contribution in [-0.4, -0.2) is 11.5 Å². The molecule has 0 bridgehead atoms. The maximum Gasteiger partial charge on any atom is 0.267 e. The normalized spacial score (nSPS) is 21.1. The van der Waals surface area contributed by atoms with Crippen molar-refractivity contribution in [3.8, 4) is 0 Å². The van der Waals surface area contributed by atoms with Crippen LogP contribution >= 0.6 is 0 Å². The van der Waals surface area contributed by atoms with Gasteiger partial charge in [-0.25, -0.2) is 0 Å². The fourth-order valence-electron chi connectivity index (χ4n) is 1.73. The largest absolute Gasteiger partial charge is 0.480 e. The number of hydrogen-bond acceptors (Lipinski definition) is 2. The summed E-state index contributed by atoms with van der Waals surface area (Å²) in [4.78, 5) is 12.0. The highest BCUT2D eigenvalue weighted by atomic mass is 16.5. The van der Waals surface area contributed by atoms with E-state index in [0.29, 0.717) is 0 Å². The predicted octanol–water partition coefficient (Wildman–Crippen LogP) is 3.22. The molecular formula is C14H25NO2. The second kappa shape index (κ2) is 3.76. The molecule has 3 heteroatoms. The van der Waals surface area contributed by atoms with Crippen LogP contribution in [0.15, 0.2) is 11.5 Å². The van der Waals surface area contributed by atoms with E-state index in [1.807, 2.05) is 0 Å². The van der Waals surface area contributed by atoms with Gasteiger partial charge in [-0.15, -0.1) is 0 Å². The molecule has 0 aliphatic carbocycles. The van der Waals surface area contributed by atoms with E-state index in [4.69, 9.17) is 4.74 Å². The number of ether oxygens (including phenoxy) is 1. The van der Waals surface area contributed by atoms with E-state index in [9.17, 15) is 4.79 Å². The van der Waals surface area contributed by atoms with Crippen LogP contribution in [-0.2, 0) is 9.53 Å². The van der Waals surface area contributed by atoms with Crippen LogP contribution in [0.4, 0.5) is 0 Å². The van der Waals surface area contributed by atoms with Crippen LogP contribution < -0.4 is 5.32 Å². The second-order valence-electron chi connectivity index (χ2n) is 7.27. The SMILES string of the molecule is CC(C)(C)C1=C(C(C)(C)C)OC(C)(C)C(=O)N1. The highest BCUT2D eigenvalue weighted by Crippen LogP contribution is 2.40. The van der Waals surface area contributed by atoms with E-state index in [1.54, 1.807) is 13.8 Å². The molecule has 98 valence electrons. The average Bonchev–Trinajstić information content (AvgIpc) is 2.05. The summed E-state index contributed by atoms with van der Waals surface area (Å²) in [5.41, 5.74) is -0.144. The molecule has 0 aromatic heterocycles. The van der Waals surface area contributed by atoms with Crippen LogP contribution in [0.25, 0.3) is 0 Å². The van der Waals surface area contributed by atoms with E-state index < -0.39 is 5.60 Å². The van der Waals surface area contributed by atoms with Gasteiger partial charge < -0.3 is 10.1 Å². The molecule has 1 aliphatic heterocycles. The number of carbonyl (C=O) groups is 1. The van der Waals surface area contributed by atoms with Crippen molar-refractivity contribution in [1.29, 1.82) is 0 Å². The highest BCUT2D eigenvalue weighted by Gasteiger charge is 2.43. The monoisotopic (exact) mass is 239 g/mol. The Balaban J connectivity index is 3.35. The lowest BCUT2D eigenvalue weighted by Gasteiger charge is -2.42. The molecule has 0 saturated carbocycles. The summed E-state index contributed by atoms with van der Waals surface area (Å²) >= 11 is 0. The Morgan fingerprint density at radius 1 is 1.00 bits per heavy atom. The number of nitrogens with one attached hydrogen (secondary N) is 1. The minimum Gasteiger partial charge on any atom is -0.480 e. The summed E-state index contributed by atoms with van der Waals surface area (Å²) in [6, 6.07) is 0. The summed E-state index contributed by atoms with van der Waals surface area (Å²) in [5.74, 6) is 0.810. The zero-order chi connectivity index (χ0) is 13.6. The smallest absolute Gasteiger partial charge is 0.267 e. The third-order valence-corrected chi connectivity index (χ3v) is 2.80. The maximum atomic E-state index is 12.0. The molecule has 0 spiro atoms. The number of carbonyl (C=O) groups excluding carboxylic acids is 1. The van der Waals surface area contributed by atoms with Crippen molar-refractivity contribution in [3.05, 3.63) is 11.5 Å². The van der Waals surface area contributed by atoms with Gasteiger partial charge >= 0.3 is 0 Å². The van der Waals surface area contributed by atoms with Gasteiger partial charge in [0.25, 0.3) is 5.91 Å². The van der Waals surface area contributed by atoms with Gasteiger partial charge in [-0.1, -0.05) is 41.5 Å². The van der Waals surface area contributed by atoms with Gasteiger partial charge in [0, 0.05) is 10.8 Å². The molecule has 0 fully saturated rings. The van der Waals surface area contributed by atoms with Gasteiger partial charge in [0.05, 0.1) is 5.70 Å². The quantitative estimate of drug-likeness (QED) is 0.705. The Bertz CT molecular complexity index is 365. The fraction of sp³-hybridized carbons (Fsp3) is 0.786. The molecule has 1 rings (SSSR count). The minimum absolute atomic E-state index is 0.0737. The first-order valence-electron chi connectivity index (χ1n) is 6.11. The molecule has 1 amide bonds. The lowest BCUT2D eigenvalue weighted by atomic mass is 9.82. The van der Waals surface area contributed by atoms with Crippen LogP contribution in [0.3, 0.4) is 0 Å². The molecule has 1 N–H and O–H groups in total. The molecule has 0 aromatic rings. The molecule has 1 heterocycles. The lowest BCUT2D eigenvalue weighted by molar-refractivity contribution is -0.143. The van der Waals surface area contributed by atoms with Gasteiger partial charge in [0.2, 0.25) is 0 Å². The number of amides is 1. The minimum atomic E-state index is -0.794. The molecular weight excluding hydrogens is 214 g/mol. The van der Waals surface area contributed by atoms with E-state index >= 15 is 0 Å². The zero-order valence-corrected chi connectivity index (χ0v) is 12.3. The Morgan fingerprint density at radius 3 is 1.82 bits per heavy atom. The van der Waals surface area contributed by atoms with Crippen molar-refractivity contribution in [2.24, 2.45) is 10.8 Å². The zero-order valence-electron chi connectivity index (χ0n) is 12.3. The van der Waals surface area contributed by atoms with Crippen molar-refractivity contribution in [2.75, 3.05) is 0 Å². The van der Waals surface area contributed by atoms with Crippen LogP contribution in [0.1, 0.15) is 55.4 Å². The Labute approximate surface area is 105 Å². The molecule has 0 saturated heterocycles. The first kappa shape index (κ1) is 14.1. The standard InChI is InChI=1S/C14H25NO2/c1-12(2,3)9-10(13(4,5)6)17-14(7,8)11(16)15-9/h1-8H3,(H,15,16). The molecule has 0 radical (unpaired) electrons. The molecule has 0 aromatic carbocycles. The van der Waals surface area contributed by atoms with E-state index in [0.717, 1.165) is 11.5 Å². The Hall–Kier alpha value is -0.990. The van der Waals surface area contributed by atoms with Crippen molar-refractivity contribution in [2.45, 2.75) is 61.0 Å². The van der Waals surface area contributed by atoms with Crippen LogP contribution in [0, 0.1) is 10.8 Å². The van der Waals surface area contributed by atoms with Crippen molar-refractivity contribution >= 4 is 5.91 Å². The molecule has 3 nitrogen and oxygen atoms in total. The highest BCUT2D eigenvalue weighted by molar-refractivity contribution is 5.87. The maximum absolute atomic E-state index is 12.0. The molecule has 17 heavy (non-hydrogen) atoms. The van der Waals surface area contributed by atoms with Crippen molar-refractivity contribution in [1.82, 2.24) is 5.32 Å². The molecule has 1 aliphatic rings. The summed E-state index contributed by atoms with van der Waals surface area (Å²) in [5, 5.41) is 3.02. The van der Waals surface area contributed by atoms with Gasteiger partial charge in [-0.05, 0) is 13.8 Å². The van der Waals surface area contributed by atoms with Gasteiger partial charge in [0.1, 0.15) is 5.76 Å². The van der Waals surface area contributed by atoms with Crippen LogP contribution in [0.2, 0.25) is 0 Å². The van der Waals surface area contributed by atoms with Gasteiger partial charge in [0.15, 0.2) is 5.60 Å². The topological polar surface area (TPSA) is 38.3 Å². The van der Waals surface area contributed by atoms with Crippen LogP contribution in [0.5, 0.6) is 0 Å². The Morgan fingerprint density at radius 2 is 1.47 bits per heavy atom. The summed E-state index contributed by atoms with van der Waals surface area (Å²) in [7, 11) is 0. The number of hydrogen-bond donors (Lipinski definition) is 1. The fourth-order valence-corrected chi connectivity index (χ4v) is 1.73. The van der Waals surface area contributed by atoms with E-state index in [1.165, 1.54) is 0 Å². The second-order valence-corrected chi connectivity index (χ2v) is 7.27. The van der Waals surface area contributed by atoms with E-state index in [-0.39, 0.29) is 16.7 Å². The first-order chi connectivity index (χ1) is 7.36. The van der Waals surface area contributed by atoms with Gasteiger partial charge in [-0.2, -0.15) is 0 Å². The summed E-state index contributed by atoms with van der Waals surface area (Å²) in [6.45, 7) is 16.1. The average molecular weight is 239 g/mol. The van der Waals surface area contributed by atoms with Crippen molar-refractivity contribution < 1.29 is 9.53 Å². The summed E-state index contributed by atoms with van der Waals surface area (Å²) < 4.78 is 5.96.